The zero-order valence-corrected chi connectivity index (χ0v) is 17.6. The maximum Gasteiger partial charge on any atom is 0.347 e. The van der Waals surface area contributed by atoms with E-state index in [9.17, 15) is 4.79 Å². The molecule has 0 aromatic carbocycles. The molecule has 2 aromatic heterocycles. The van der Waals surface area contributed by atoms with E-state index in [4.69, 9.17) is 9.84 Å². The number of nitrogens with one attached hydrogen (secondary N) is 1. The molecule has 0 aliphatic carbocycles. The van der Waals surface area contributed by atoms with Crippen molar-refractivity contribution in [3.05, 3.63) is 23.0 Å². The van der Waals surface area contributed by atoms with Crippen molar-refractivity contribution in [3.63, 3.8) is 0 Å². The molecule has 0 unspecified atom stereocenters. The predicted molar refractivity (Wildman–Crippen MR) is 112 cm³/mol. The van der Waals surface area contributed by atoms with Crippen molar-refractivity contribution in [2.45, 2.75) is 6.92 Å². The van der Waals surface area contributed by atoms with Crippen LogP contribution in [0.1, 0.15) is 15.5 Å². The molecule has 0 atom stereocenters. The van der Waals surface area contributed by atoms with Gasteiger partial charge < -0.3 is 20.1 Å². The SMILES string of the molecule is CSCOCCN1CCN(c2cc(Nc3ncc(C(=O)O)s3)nc(C)n2)CC1. The Bertz CT molecular complexity index is 795. The third kappa shape index (κ3) is 5.77. The Morgan fingerprint density at radius 3 is 2.82 bits per heavy atom. The number of carbonyl (C=O) groups is 1. The fraction of sp³-hybridized carbons (Fsp3) is 0.529. The van der Waals surface area contributed by atoms with Gasteiger partial charge in [-0.25, -0.2) is 19.7 Å². The highest BCUT2D eigenvalue weighted by molar-refractivity contribution is 7.98. The summed E-state index contributed by atoms with van der Waals surface area (Å²) in [7, 11) is 0. The number of aromatic carboxylic acids is 1. The number of aryl methyl sites for hydroxylation is 1. The van der Waals surface area contributed by atoms with E-state index < -0.39 is 5.97 Å². The van der Waals surface area contributed by atoms with Gasteiger partial charge in [-0.2, -0.15) is 0 Å². The molecule has 0 amide bonds. The number of rotatable bonds is 9. The van der Waals surface area contributed by atoms with E-state index in [-0.39, 0.29) is 4.88 Å². The number of piperazine rings is 1. The van der Waals surface area contributed by atoms with Crippen LogP contribution < -0.4 is 10.2 Å². The number of hydrogen-bond donors (Lipinski definition) is 2. The molecule has 28 heavy (non-hydrogen) atoms. The minimum atomic E-state index is -0.984. The number of anilines is 3. The van der Waals surface area contributed by atoms with Crippen molar-refractivity contribution in [1.29, 1.82) is 0 Å². The Hall–Kier alpha value is -1.95. The van der Waals surface area contributed by atoms with Crippen LogP contribution in [-0.2, 0) is 4.74 Å². The fourth-order valence-corrected chi connectivity index (χ4v) is 3.80. The summed E-state index contributed by atoms with van der Waals surface area (Å²) in [5, 5.41) is 12.6. The van der Waals surface area contributed by atoms with Crippen molar-refractivity contribution < 1.29 is 14.6 Å². The molecule has 1 aliphatic rings. The molecule has 0 bridgehead atoms. The van der Waals surface area contributed by atoms with Crippen molar-refractivity contribution in [2.75, 3.05) is 61.7 Å². The number of carboxylic acid groups (broad SMARTS) is 1. The Kier molecular flexibility index (Phi) is 7.43. The van der Waals surface area contributed by atoms with Crippen LogP contribution in [-0.4, -0.2) is 82.5 Å². The van der Waals surface area contributed by atoms with E-state index in [0.29, 0.717) is 16.8 Å². The van der Waals surface area contributed by atoms with E-state index in [1.165, 1.54) is 6.20 Å². The fourth-order valence-electron chi connectivity index (χ4n) is 2.85. The largest absolute Gasteiger partial charge is 0.477 e. The molecule has 152 valence electrons. The Morgan fingerprint density at radius 2 is 2.14 bits per heavy atom. The number of thioether (sulfide) groups is 1. The highest BCUT2D eigenvalue weighted by Crippen LogP contribution is 2.24. The van der Waals surface area contributed by atoms with Crippen LogP contribution in [0.15, 0.2) is 12.3 Å². The van der Waals surface area contributed by atoms with Gasteiger partial charge in [0, 0.05) is 38.8 Å². The molecule has 0 radical (unpaired) electrons. The monoisotopic (exact) mass is 424 g/mol. The summed E-state index contributed by atoms with van der Waals surface area (Å²) in [4.78, 5) is 28.9. The zero-order chi connectivity index (χ0) is 19.9. The first-order valence-corrected chi connectivity index (χ1v) is 11.1. The van der Waals surface area contributed by atoms with Gasteiger partial charge in [0.05, 0.1) is 18.7 Å². The van der Waals surface area contributed by atoms with Gasteiger partial charge in [0.2, 0.25) is 0 Å². The van der Waals surface area contributed by atoms with E-state index in [1.807, 2.05) is 19.2 Å². The average molecular weight is 425 g/mol. The third-order valence-corrected chi connectivity index (χ3v) is 5.53. The molecule has 2 N–H and O–H groups in total. The van der Waals surface area contributed by atoms with Crippen LogP contribution in [0.25, 0.3) is 0 Å². The molecular formula is C17H24N6O3S2. The summed E-state index contributed by atoms with van der Waals surface area (Å²) in [5.74, 6) is 1.89. The quantitative estimate of drug-likeness (QED) is 0.459. The number of ether oxygens (including phenoxy) is 1. The number of carboxylic acids is 1. The van der Waals surface area contributed by atoms with Crippen LogP contribution in [0.3, 0.4) is 0 Å². The summed E-state index contributed by atoms with van der Waals surface area (Å²) in [6.07, 6.45) is 3.37. The van der Waals surface area contributed by atoms with Crippen LogP contribution in [0.5, 0.6) is 0 Å². The first-order chi connectivity index (χ1) is 13.5. The summed E-state index contributed by atoms with van der Waals surface area (Å²) in [5.41, 5.74) is 0. The molecule has 11 heteroatoms. The van der Waals surface area contributed by atoms with Crippen molar-refractivity contribution >= 4 is 45.8 Å². The number of aromatic nitrogens is 3. The summed E-state index contributed by atoms with van der Waals surface area (Å²) < 4.78 is 5.54. The maximum absolute atomic E-state index is 11.0. The van der Waals surface area contributed by atoms with Crippen LogP contribution in [0, 0.1) is 6.92 Å². The lowest BCUT2D eigenvalue weighted by Gasteiger charge is -2.35. The van der Waals surface area contributed by atoms with Crippen LogP contribution in [0.2, 0.25) is 0 Å². The second-order valence-corrected chi connectivity index (χ2v) is 8.11. The lowest BCUT2D eigenvalue weighted by molar-refractivity contribution is 0.0702. The molecule has 2 aromatic rings. The normalized spacial score (nSPS) is 15.0. The van der Waals surface area contributed by atoms with E-state index >= 15 is 0 Å². The van der Waals surface area contributed by atoms with E-state index in [2.05, 4.69) is 30.1 Å². The molecule has 0 saturated carbocycles. The minimum Gasteiger partial charge on any atom is -0.477 e. The molecule has 9 nitrogen and oxygen atoms in total. The minimum absolute atomic E-state index is 0.186. The molecule has 0 spiro atoms. The van der Waals surface area contributed by atoms with Gasteiger partial charge in [0.1, 0.15) is 22.3 Å². The smallest absolute Gasteiger partial charge is 0.347 e. The van der Waals surface area contributed by atoms with Crippen LogP contribution in [0.4, 0.5) is 16.8 Å². The summed E-state index contributed by atoms with van der Waals surface area (Å²) in [6, 6.07) is 1.88. The second kappa shape index (κ2) is 10.0. The molecular weight excluding hydrogens is 400 g/mol. The maximum atomic E-state index is 11.0. The number of hydrogen-bond acceptors (Lipinski definition) is 10. The third-order valence-electron chi connectivity index (χ3n) is 4.23. The second-order valence-electron chi connectivity index (χ2n) is 6.26. The van der Waals surface area contributed by atoms with Gasteiger partial charge in [0.25, 0.3) is 0 Å². The van der Waals surface area contributed by atoms with E-state index in [0.717, 1.165) is 62.4 Å². The standard InChI is InChI=1S/C17H24N6O3S2/c1-12-19-14(21-17-18-10-13(28-17)16(24)25)9-15(20-12)23-5-3-22(4-6-23)7-8-26-11-27-2/h9-10H,3-8,11H2,1-2H3,(H,24,25)(H,18,19,20,21). The van der Waals surface area contributed by atoms with Crippen molar-refractivity contribution in [2.24, 2.45) is 0 Å². The number of thiazole rings is 1. The molecule has 1 aliphatic heterocycles. The lowest BCUT2D eigenvalue weighted by Crippen LogP contribution is -2.47. The molecule has 1 fully saturated rings. The van der Waals surface area contributed by atoms with Gasteiger partial charge >= 0.3 is 5.97 Å². The Morgan fingerprint density at radius 1 is 1.36 bits per heavy atom. The molecule has 1 saturated heterocycles. The highest BCUT2D eigenvalue weighted by atomic mass is 32.2. The molecule has 3 rings (SSSR count). The zero-order valence-electron chi connectivity index (χ0n) is 15.9. The van der Waals surface area contributed by atoms with Gasteiger partial charge in [0.15, 0.2) is 5.13 Å². The Balaban J connectivity index is 1.58. The summed E-state index contributed by atoms with van der Waals surface area (Å²) >= 11 is 2.77. The first kappa shape index (κ1) is 20.8. The van der Waals surface area contributed by atoms with Crippen molar-refractivity contribution in [3.8, 4) is 0 Å². The van der Waals surface area contributed by atoms with Gasteiger partial charge in [-0.1, -0.05) is 11.3 Å². The highest BCUT2D eigenvalue weighted by Gasteiger charge is 2.19. The topological polar surface area (TPSA) is 104 Å². The summed E-state index contributed by atoms with van der Waals surface area (Å²) in [6.45, 7) is 7.25. The lowest BCUT2D eigenvalue weighted by atomic mass is 10.3. The van der Waals surface area contributed by atoms with Gasteiger partial charge in [-0.15, -0.1) is 11.8 Å². The van der Waals surface area contributed by atoms with E-state index in [1.54, 1.807) is 11.8 Å². The van der Waals surface area contributed by atoms with Gasteiger partial charge in [-0.05, 0) is 13.2 Å². The molecule has 3 heterocycles. The first-order valence-electron chi connectivity index (χ1n) is 8.91. The van der Waals surface area contributed by atoms with Gasteiger partial charge in [-0.3, -0.25) is 4.90 Å². The van der Waals surface area contributed by atoms with Crippen LogP contribution >= 0.6 is 23.1 Å². The predicted octanol–water partition coefficient (Wildman–Crippen LogP) is 2.14. The number of nitrogens with zero attached hydrogens (tertiary/aromatic N) is 5. The average Bonchev–Trinajstić information content (AvgIpc) is 3.14. The van der Waals surface area contributed by atoms with Crippen molar-refractivity contribution in [1.82, 2.24) is 19.9 Å². The Labute approximate surface area is 172 Å².